The Morgan fingerprint density at radius 2 is 1.70 bits per heavy atom. The summed E-state index contributed by atoms with van der Waals surface area (Å²) in [5, 5.41) is 9.09. The molecule has 5 heteroatoms. The Hall–Kier alpha value is -1.43. The smallest absolute Gasteiger partial charge is 0.308 e. The summed E-state index contributed by atoms with van der Waals surface area (Å²) < 4.78 is 6.20. The summed E-state index contributed by atoms with van der Waals surface area (Å²) >= 11 is 0. The molecule has 0 radical (unpaired) electrons. The first kappa shape index (κ1) is 24.8. The van der Waals surface area contributed by atoms with Crippen molar-refractivity contribution < 1.29 is 24.4 Å². The summed E-state index contributed by atoms with van der Waals surface area (Å²) in [5.41, 5.74) is 0. The van der Waals surface area contributed by atoms with Crippen molar-refractivity contribution >= 4 is 5.97 Å². The lowest BCUT2D eigenvalue weighted by molar-refractivity contribution is -0.391. The number of hydrogen-bond donors (Lipinski definition) is 1. The van der Waals surface area contributed by atoms with Gasteiger partial charge in [-0.25, -0.2) is 9.78 Å². The number of aliphatic carboxylic acids is 1. The zero-order valence-corrected chi connectivity index (χ0v) is 18.5. The fraction of sp³-hybridized carbons (Fsp3) is 0.720. The molecule has 0 amide bonds. The van der Waals surface area contributed by atoms with Gasteiger partial charge in [-0.3, -0.25) is 4.79 Å². The van der Waals surface area contributed by atoms with E-state index in [9.17, 15) is 4.79 Å². The number of unbranched alkanes of at least 4 members (excludes halogenated alkanes) is 5. The second-order valence-electron chi connectivity index (χ2n) is 8.56. The van der Waals surface area contributed by atoms with E-state index in [0.717, 1.165) is 44.9 Å². The van der Waals surface area contributed by atoms with Gasteiger partial charge < -0.3 is 9.84 Å². The molecule has 5 unspecified atom stereocenters. The van der Waals surface area contributed by atoms with Gasteiger partial charge in [0, 0.05) is 0 Å². The van der Waals surface area contributed by atoms with Gasteiger partial charge in [-0.2, -0.15) is 0 Å². The Morgan fingerprint density at radius 3 is 2.40 bits per heavy atom. The predicted molar refractivity (Wildman–Crippen MR) is 119 cm³/mol. The Balaban J connectivity index is 1.48. The number of hydrogen-bond acceptors (Lipinski definition) is 4. The molecule has 5 atom stereocenters. The first-order valence-corrected chi connectivity index (χ1v) is 11.7. The first-order valence-electron chi connectivity index (χ1n) is 11.7. The average molecular weight is 421 g/mol. The van der Waals surface area contributed by atoms with Crippen LogP contribution in [0.25, 0.3) is 0 Å². The number of carboxylic acid groups (broad SMARTS) is 1. The molecule has 2 rings (SSSR count). The SMILES string of the molecule is C=CCCC=CC=CCCCCCCC1CCC(C2CCC(C(C)C(=O)O)OO2)O1. The largest absolute Gasteiger partial charge is 0.481 e. The summed E-state index contributed by atoms with van der Waals surface area (Å²) in [7, 11) is 0. The van der Waals surface area contributed by atoms with Crippen molar-refractivity contribution in [2.24, 2.45) is 5.92 Å². The monoisotopic (exact) mass is 420 g/mol. The molecule has 0 aromatic carbocycles. The average Bonchev–Trinajstić information content (AvgIpc) is 3.23. The van der Waals surface area contributed by atoms with Crippen LogP contribution in [0.4, 0.5) is 0 Å². The Morgan fingerprint density at radius 1 is 0.967 bits per heavy atom. The third kappa shape index (κ3) is 9.15. The number of rotatable bonds is 14. The van der Waals surface area contributed by atoms with Crippen LogP contribution >= 0.6 is 0 Å². The van der Waals surface area contributed by atoms with Crippen LogP contribution < -0.4 is 0 Å². The lowest BCUT2D eigenvalue weighted by atomic mass is 9.96. The van der Waals surface area contributed by atoms with Gasteiger partial charge in [0.1, 0.15) is 12.2 Å². The highest BCUT2D eigenvalue weighted by molar-refractivity contribution is 5.70. The van der Waals surface area contributed by atoms with Crippen molar-refractivity contribution in [1.29, 1.82) is 0 Å². The molecule has 0 aliphatic carbocycles. The maximum absolute atomic E-state index is 11.1. The highest BCUT2D eigenvalue weighted by atomic mass is 17.2. The zero-order valence-electron chi connectivity index (χ0n) is 18.5. The van der Waals surface area contributed by atoms with Gasteiger partial charge in [-0.15, -0.1) is 6.58 Å². The van der Waals surface area contributed by atoms with E-state index in [0.29, 0.717) is 12.5 Å². The number of allylic oxidation sites excluding steroid dienone is 5. The Labute approximate surface area is 182 Å². The zero-order chi connectivity index (χ0) is 21.6. The molecule has 2 saturated heterocycles. The van der Waals surface area contributed by atoms with Crippen molar-refractivity contribution in [3.63, 3.8) is 0 Å². The molecule has 0 aromatic heterocycles. The van der Waals surface area contributed by atoms with E-state index in [1.54, 1.807) is 6.92 Å². The molecule has 0 spiro atoms. The summed E-state index contributed by atoms with van der Waals surface area (Å²) in [6.07, 6.45) is 23.6. The van der Waals surface area contributed by atoms with Crippen molar-refractivity contribution in [2.75, 3.05) is 0 Å². The molecule has 2 fully saturated rings. The van der Waals surface area contributed by atoms with Crippen LogP contribution in [0.2, 0.25) is 0 Å². The molecule has 0 saturated carbocycles. The van der Waals surface area contributed by atoms with Gasteiger partial charge in [-0.1, -0.05) is 49.6 Å². The van der Waals surface area contributed by atoms with Gasteiger partial charge in [0.15, 0.2) is 0 Å². The minimum atomic E-state index is -0.841. The van der Waals surface area contributed by atoms with Crippen LogP contribution in [0.15, 0.2) is 37.0 Å². The molecule has 170 valence electrons. The number of carbonyl (C=O) groups is 1. The summed E-state index contributed by atoms with van der Waals surface area (Å²) in [5.74, 6) is -1.39. The Kier molecular flexibility index (Phi) is 12.0. The summed E-state index contributed by atoms with van der Waals surface area (Å²) in [4.78, 5) is 21.9. The van der Waals surface area contributed by atoms with Crippen LogP contribution in [0.1, 0.15) is 84.0 Å². The van der Waals surface area contributed by atoms with Gasteiger partial charge in [0.2, 0.25) is 0 Å². The van der Waals surface area contributed by atoms with E-state index in [2.05, 4.69) is 30.9 Å². The maximum atomic E-state index is 11.1. The molecule has 30 heavy (non-hydrogen) atoms. The topological polar surface area (TPSA) is 65.0 Å². The second kappa shape index (κ2) is 14.6. The molecular weight excluding hydrogens is 380 g/mol. The van der Waals surface area contributed by atoms with Crippen LogP contribution in [-0.4, -0.2) is 35.5 Å². The molecular formula is C25H40O5. The number of ether oxygens (including phenoxy) is 1. The van der Waals surface area contributed by atoms with Gasteiger partial charge in [-0.05, 0) is 64.7 Å². The predicted octanol–water partition coefficient (Wildman–Crippen LogP) is 6.15. The van der Waals surface area contributed by atoms with Crippen molar-refractivity contribution in [3.05, 3.63) is 37.0 Å². The van der Waals surface area contributed by atoms with E-state index >= 15 is 0 Å². The van der Waals surface area contributed by atoms with Crippen molar-refractivity contribution in [3.8, 4) is 0 Å². The third-order valence-corrected chi connectivity index (χ3v) is 6.11. The molecule has 1 N–H and O–H groups in total. The molecule has 0 bridgehead atoms. The fourth-order valence-corrected chi connectivity index (χ4v) is 4.08. The van der Waals surface area contributed by atoms with Crippen LogP contribution in [0, 0.1) is 5.92 Å². The van der Waals surface area contributed by atoms with Gasteiger partial charge in [0.05, 0.1) is 18.1 Å². The fourth-order valence-electron chi connectivity index (χ4n) is 4.08. The van der Waals surface area contributed by atoms with E-state index in [-0.39, 0.29) is 18.3 Å². The standard InChI is InChI=1S/C25H40O5/c1-3-4-5-6-7-8-9-10-11-12-13-14-15-21-16-17-23(28-21)24-19-18-22(29-30-24)20(2)25(26)27/h3,6-9,20-24H,1,4-5,10-19H2,2H3,(H,26,27). The van der Waals surface area contributed by atoms with Crippen LogP contribution in [0.5, 0.6) is 0 Å². The quantitative estimate of drug-likeness (QED) is 0.158. The first-order chi connectivity index (χ1) is 14.6. The molecule has 2 heterocycles. The highest BCUT2D eigenvalue weighted by Crippen LogP contribution is 2.32. The molecule has 2 aliphatic heterocycles. The summed E-state index contributed by atoms with van der Waals surface area (Å²) in [6.45, 7) is 5.38. The molecule has 0 aromatic rings. The lowest BCUT2D eigenvalue weighted by Crippen LogP contribution is -2.40. The normalized spacial score (nSPS) is 28.3. The van der Waals surface area contributed by atoms with Gasteiger partial charge in [0.25, 0.3) is 0 Å². The third-order valence-electron chi connectivity index (χ3n) is 6.11. The highest BCUT2D eigenvalue weighted by Gasteiger charge is 2.38. The lowest BCUT2D eigenvalue weighted by Gasteiger charge is -2.32. The second-order valence-corrected chi connectivity index (χ2v) is 8.56. The van der Waals surface area contributed by atoms with Gasteiger partial charge >= 0.3 is 5.97 Å². The maximum Gasteiger partial charge on any atom is 0.308 e. The van der Waals surface area contributed by atoms with Crippen LogP contribution in [0.3, 0.4) is 0 Å². The minimum Gasteiger partial charge on any atom is -0.481 e. The number of carboxylic acids is 1. The minimum absolute atomic E-state index is 0.0650. The van der Waals surface area contributed by atoms with Crippen molar-refractivity contribution in [2.45, 2.75) is 108 Å². The van der Waals surface area contributed by atoms with E-state index in [1.807, 2.05) is 6.08 Å². The Bertz CT molecular complexity index is 548. The van der Waals surface area contributed by atoms with Crippen LogP contribution in [-0.2, 0) is 19.3 Å². The molecule has 5 nitrogen and oxygen atoms in total. The van der Waals surface area contributed by atoms with E-state index in [1.165, 1.54) is 25.7 Å². The summed E-state index contributed by atoms with van der Waals surface area (Å²) in [6, 6.07) is 0. The van der Waals surface area contributed by atoms with Crippen molar-refractivity contribution in [1.82, 2.24) is 0 Å². The van der Waals surface area contributed by atoms with E-state index < -0.39 is 11.9 Å². The molecule has 2 aliphatic rings. The van der Waals surface area contributed by atoms with E-state index in [4.69, 9.17) is 19.6 Å².